The molecule has 0 atom stereocenters. The SMILES string of the molecule is CCCCN1C(=C(C)C)Cc2ccccc21. The first-order valence-corrected chi connectivity index (χ1v) is 6.26. The summed E-state index contributed by atoms with van der Waals surface area (Å²) in [6.45, 7) is 7.86. The quantitative estimate of drug-likeness (QED) is 0.732. The van der Waals surface area contributed by atoms with E-state index in [2.05, 4.69) is 49.9 Å². The van der Waals surface area contributed by atoms with E-state index in [0.29, 0.717) is 0 Å². The summed E-state index contributed by atoms with van der Waals surface area (Å²) in [5.74, 6) is 0. The molecular formula is C15H21N. The zero-order valence-electron chi connectivity index (χ0n) is 10.6. The summed E-state index contributed by atoms with van der Waals surface area (Å²) in [5, 5.41) is 0. The Bertz CT molecular complexity index is 400. The van der Waals surface area contributed by atoms with Gasteiger partial charge in [-0.25, -0.2) is 0 Å². The second-order valence-electron chi connectivity index (χ2n) is 4.76. The van der Waals surface area contributed by atoms with Gasteiger partial charge >= 0.3 is 0 Å². The highest BCUT2D eigenvalue weighted by Crippen LogP contribution is 2.35. The lowest BCUT2D eigenvalue weighted by molar-refractivity contribution is 0.767. The summed E-state index contributed by atoms with van der Waals surface area (Å²) in [6, 6.07) is 8.79. The number of rotatable bonds is 3. The molecule has 0 bridgehead atoms. The summed E-state index contributed by atoms with van der Waals surface area (Å²) in [5.41, 5.74) is 5.86. The first kappa shape index (κ1) is 11.3. The summed E-state index contributed by atoms with van der Waals surface area (Å²) in [6.07, 6.45) is 3.64. The monoisotopic (exact) mass is 215 g/mol. The molecule has 16 heavy (non-hydrogen) atoms. The maximum absolute atomic E-state index is 2.51. The van der Waals surface area contributed by atoms with E-state index in [1.54, 1.807) is 0 Å². The predicted octanol–water partition coefficient (Wildman–Crippen LogP) is 4.14. The first-order chi connectivity index (χ1) is 7.74. The summed E-state index contributed by atoms with van der Waals surface area (Å²) < 4.78 is 0. The van der Waals surface area contributed by atoms with E-state index in [1.807, 2.05) is 0 Å². The third-order valence-corrected chi connectivity index (χ3v) is 3.28. The van der Waals surface area contributed by atoms with Crippen LogP contribution in [0.2, 0.25) is 0 Å². The van der Waals surface area contributed by atoms with Crippen molar-refractivity contribution < 1.29 is 0 Å². The predicted molar refractivity (Wildman–Crippen MR) is 70.8 cm³/mol. The number of anilines is 1. The molecule has 1 heteroatoms. The molecule has 1 aromatic carbocycles. The van der Waals surface area contributed by atoms with Crippen LogP contribution in [-0.2, 0) is 6.42 Å². The molecule has 0 saturated heterocycles. The van der Waals surface area contributed by atoms with Crippen molar-refractivity contribution in [1.82, 2.24) is 0 Å². The van der Waals surface area contributed by atoms with Crippen LogP contribution in [0.1, 0.15) is 39.2 Å². The Hall–Kier alpha value is -1.24. The Balaban J connectivity index is 2.33. The number of unbranched alkanes of at least 4 members (excludes halogenated alkanes) is 1. The van der Waals surface area contributed by atoms with Gasteiger partial charge in [-0.3, -0.25) is 0 Å². The Morgan fingerprint density at radius 1 is 1.25 bits per heavy atom. The highest BCUT2D eigenvalue weighted by atomic mass is 15.2. The van der Waals surface area contributed by atoms with Gasteiger partial charge in [-0.05, 0) is 31.9 Å². The average Bonchev–Trinajstić information content (AvgIpc) is 2.65. The van der Waals surface area contributed by atoms with Gasteiger partial charge in [0.15, 0.2) is 0 Å². The Kier molecular flexibility index (Phi) is 3.33. The fraction of sp³-hybridized carbons (Fsp3) is 0.467. The summed E-state index contributed by atoms with van der Waals surface area (Å²) in [7, 11) is 0. The van der Waals surface area contributed by atoms with Crippen molar-refractivity contribution in [3.8, 4) is 0 Å². The number of allylic oxidation sites excluding steroid dienone is 2. The first-order valence-electron chi connectivity index (χ1n) is 6.26. The van der Waals surface area contributed by atoms with Crippen LogP contribution in [0.25, 0.3) is 0 Å². The molecule has 1 aliphatic heterocycles. The number of hydrogen-bond donors (Lipinski definition) is 0. The molecule has 0 amide bonds. The van der Waals surface area contributed by atoms with E-state index in [1.165, 1.54) is 35.4 Å². The van der Waals surface area contributed by atoms with Gasteiger partial charge in [0, 0.05) is 24.4 Å². The van der Waals surface area contributed by atoms with Crippen LogP contribution in [0.5, 0.6) is 0 Å². The number of hydrogen-bond acceptors (Lipinski definition) is 1. The van der Waals surface area contributed by atoms with Crippen LogP contribution in [0.15, 0.2) is 35.5 Å². The zero-order valence-corrected chi connectivity index (χ0v) is 10.6. The number of para-hydroxylation sites is 1. The average molecular weight is 215 g/mol. The third-order valence-electron chi connectivity index (χ3n) is 3.28. The smallest absolute Gasteiger partial charge is 0.0444 e. The minimum absolute atomic E-state index is 1.11. The fourth-order valence-electron chi connectivity index (χ4n) is 2.36. The normalized spacial score (nSPS) is 14.2. The van der Waals surface area contributed by atoms with Gasteiger partial charge in [0.1, 0.15) is 0 Å². The van der Waals surface area contributed by atoms with Crippen molar-refractivity contribution in [1.29, 1.82) is 0 Å². The van der Waals surface area contributed by atoms with Gasteiger partial charge in [-0.1, -0.05) is 37.1 Å². The fourth-order valence-corrected chi connectivity index (χ4v) is 2.36. The maximum atomic E-state index is 2.51. The van der Waals surface area contributed by atoms with Crippen molar-refractivity contribution in [2.45, 2.75) is 40.0 Å². The molecule has 0 aliphatic carbocycles. The van der Waals surface area contributed by atoms with Crippen LogP contribution in [0.3, 0.4) is 0 Å². The lowest BCUT2D eigenvalue weighted by atomic mass is 10.1. The maximum Gasteiger partial charge on any atom is 0.0444 e. The molecule has 1 aliphatic rings. The van der Waals surface area contributed by atoms with Crippen LogP contribution in [-0.4, -0.2) is 6.54 Å². The van der Waals surface area contributed by atoms with Gasteiger partial charge < -0.3 is 4.90 Å². The standard InChI is InChI=1S/C15H21N/c1-4-5-10-16-14-9-7-6-8-13(14)11-15(16)12(2)3/h6-9H,4-5,10-11H2,1-3H3. The Labute approximate surface area is 98.8 Å². The van der Waals surface area contributed by atoms with Gasteiger partial charge in [0.25, 0.3) is 0 Å². The molecule has 0 radical (unpaired) electrons. The van der Waals surface area contributed by atoms with E-state index in [0.717, 1.165) is 13.0 Å². The Morgan fingerprint density at radius 2 is 2.00 bits per heavy atom. The van der Waals surface area contributed by atoms with E-state index in [-0.39, 0.29) is 0 Å². The van der Waals surface area contributed by atoms with Crippen molar-refractivity contribution >= 4 is 5.69 Å². The van der Waals surface area contributed by atoms with Gasteiger partial charge in [0.05, 0.1) is 0 Å². The molecule has 0 N–H and O–H groups in total. The van der Waals surface area contributed by atoms with Gasteiger partial charge in [-0.15, -0.1) is 0 Å². The lowest BCUT2D eigenvalue weighted by Gasteiger charge is -2.22. The van der Waals surface area contributed by atoms with Crippen LogP contribution in [0.4, 0.5) is 5.69 Å². The molecular weight excluding hydrogens is 194 g/mol. The van der Waals surface area contributed by atoms with Gasteiger partial charge in [-0.2, -0.15) is 0 Å². The molecule has 1 heterocycles. The minimum Gasteiger partial charge on any atom is -0.345 e. The number of nitrogens with zero attached hydrogens (tertiary/aromatic N) is 1. The van der Waals surface area contributed by atoms with Crippen LogP contribution < -0.4 is 4.90 Å². The highest BCUT2D eigenvalue weighted by Gasteiger charge is 2.23. The number of benzene rings is 1. The van der Waals surface area contributed by atoms with Crippen molar-refractivity contribution in [2.24, 2.45) is 0 Å². The molecule has 0 fully saturated rings. The molecule has 0 aromatic heterocycles. The summed E-state index contributed by atoms with van der Waals surface area (Å²) >= 11 is 0. The van der Waals surface area contributed by atoms with E-state index in [9.17, 15) is 0 Å². The second kappa shape index (κ2) is 4.73. The minimum atomic E-state index is 1.11. The van der Waals surface area contributed by atoms with Crippen molar-refractivity contribution in [3.63, 3.8) is 0 Å². The Morgan fingerprint density at radius 3 is 2.69 bits per heavy atom. The molecule has 1 nitrogen and oxygen atoms in total. The largest absolute Gasteiger partial charge is 0.345 e. The molecule has 1 aromatic rings. The molecule has 0 unspecified atom stereocenters. The van der Waals surface area contributed by atoms with E-state index in [4.69, 9.17) is 0 Å². The van der Waals surface area contributed by atoms with E-state index < -0.39 is 0 Å². The van der Waals surface area contributed by atoms with Crippen molar-refractivity contribution in [2.75, 3.05) is 11.4 Å². The van der Waals surface area contributed by atoms with E-state index >= 15 is 0 Å². The topological polar surface area (TPSA) is 3.24 Å². The molecule has 86 valence electrons. The second-order valence-corrected chi connectivity index (χ2v) is 4.76. The number of fused-ring (bicyclic) bond motifs is 1. The summed E-state index contributed by atoms with van der Waals surface area (Å²) in [4.78, 5) is 2.51. The molecule has 2 rings (SSSR count). The molecule has 0 saturated carbocycles. The molecule has 0 spiro atoms. The van der Waals surface area contributed by atoms with Gasteiger partial charge in [0.2, 0.25) is 0 Å². The zero-order chi connectivity index (χ0) is 11.5. The van der Waals surface area contributed by atoms with Crippen LogP contribution >= 0.6 is 0 Å². The highest BCUT2D eigenvalue weighted by molar-refractivity contribution is 5.65. The lowest BCUT2D eigenvalue weighted by Crippen LogP contribution is -2.20. The van der Waals surface area contributed by atoms with Crippen LogP contribution in [0, 0.1) is 0 Å². The van der Waals surface area contributed by atoms with Crippen molar-refractivity contribution in [3.05, 3.63) is 41.1 Å². The third kappa shape index (κ3) is 1.99.